The fourth-order valence-corrected chi connectivity index (χ4v) is 3.08. The lowest BCUT2D eigenvalue weighted by atomic mass is 9.97. The molecule has 1 atom stereocenters. The van der Waals surface area contributed by atoms with E-state index in [1.807, 2.05) is 45.0 Å². The topological polar surface area (TPSA) is 74.2 Å². The van der Waals surface area contributed by atoms with Crippen LogP contribution in [0.15, 0.2) is 29.3 Å². The van der Waals surface area contributed by atoms with E-state index in [1.165, 1.54) is 5.56 Å². The van der Waals surface area contributed by atoms with Gasteiger partial charge in [-0.05, 0) is 39.2 Å². The first-order valence-electron chi connectivity index (χ1n) is 9.49. The van der Waals surface area contributed by atoms with Gasteiger partial charge in [-0.3, -0.25) is 9.79 Å². The van der Waals surface area contributed by atoms with Crippen LogP contribution in [0.5, 0.6) is 0 Å². The number of hydrogen-bond donors (Lipinski definition) is 2. The number of esters is 1. The molecule has 1 fully saturated rings. The number of carbonyl (C=O) groups is 1. The molecule has 144 valence electrons. The highest BCUT2D eigenvalue weighted by molar-refractivity contribution is 5.80. The summed E-state index contributed by atoms with van der Waals surface area (Å²) in [6.45, 7) is 8.91. The molecule has 1 aromatic rings. The molecule has 0 saturated carbocycles. The zero-order valence-corrected chi connectivity index (χ0v) is 16.1. The molecule has 1 heterocycles. The van der Waals surface area contributed by atoms with Gasteiger partial charge in [0, 0.05) is 19.6 Å². The number of guanidine groups is 1. The normalized spacial score (nSPS) is 17.1. The van der Waals surface area contributed by atoms with Crippen LogP contribution in [0, 0.1) is 12.8 Å². The monoisotopic (exact) mass is 361 g/mol. The van der Waals surface area contributed by atoms with E-state index in [0.29, 0.717) is 13.2 Å². The largest absolute Gasteiger partial charge is 0.466 e. The number of aliphatic hydroxyl groups excluding tert-OH is 1. The Morgan fingerprint density at radius 1 is 1.31 bits per heavy atom. The summed E-state index contributed by atoms with van der Waals surface area (Å²) in [6.07, 6.45) is 0.911. The lowest BCUT2D eigenvalue weighted by Gasteiger charge is -2.33. The van der Waals surface area contributed by atoms with Crippen molar-refractivity contribution in [1.82, 2.24) is 10.2 Å². The molecule has 1 unspecified atom stereocenters. The number of likely N-dealkylation sites (tertiary alicyclic amines) is 1. The van der Waals surface area contributed by atoms with Gasteiger partial charge in [0.15, 0.2) is 5.96 Å². The van der Waals surface area contributed by atoms with E-state index >= 15 is 0 Å². The zero-order valence-electron chi connectivity index (χ0n) is 16.1. The number of rotatable bonds is 6. The molecule has 6 nitrogen and oxygen atoms in total. The molecule has 0 aromatic heterocycles. The van der Waals surface area contributed by atoms with Crippen molar-refractivity contribution in [1.29, 1.82) is 0 Å². The number of aliphatic imine (C=N–C) groups is 1. The van der Waals surface area contributed by atoms with Crippen LogP contribution in [0.3, 0.4) is 0 Å². The Morgan fingerprint density at radius 2 is 1.96 bits per heavy atom. The van der Waals surface area contributed by atoms with E-state index in [-0.39, 0.29) is 11.9 Å². The SMILES string of the molecule is CCNC(=NCC(O)c1ccc(C)cc1)N1CCC(C(=O)OCC)CC1. The maximum Gasteiger partial charge on any atom is 0.309 e. The molecule has 0 spiro atoms. The third-order valence-electron chi connectivity index (χ3n) is 4.63. The highest BCUT2D eigenvalue weighted by Gasteiger charge is 2.27. The summed E-state index contributed by atoms with van der Waals surface area (Å²) in [5, 5.41) is 13.7. The Hall–Kier alpha value is -2.08. The molecular formula is C20H31N3O3. The number of carbonyl (C=O) groups excluding carboxylic acids is 1. The fourth-order valence-electron chi connectivity index (χ4n) is 3.08. The highest BCUT2D eigenvalue weighted by Crippen LogP contribution is 2.19. The van der Waals surface area contributed by atoms with Gasteiger partial charge in [-0.1, -0.05) is 29.8 Å². The van der Waals surface area contributed by atoms with Crippen molar-refractivity contribution in [2.45, 2.75) is 39.7 Å². The van der Waals surface area contributed by atoms with Crippen molar-refractivity contribution in [2.75, 3.05) is 32.8 Å². The summed E-state index contributed by atoms with van der Waals surface area (Å²) in [5.74, 6) is 0.678. The molecule has 2 N–H and O–H groups in total. The maximum absolute atomic E-state index is 11.9. The number of nitrogens with one attached hydrogen (secondary N) is 1. The van der Waals surface area contributed by atoms with Crippen molar-refractivity contribution < 1.29 is 14.6 Å². The second kappa shape index (κ2) is 10.2. The summed E-state index contributed by atoms with van der Waals surface area (Å²) >= 11 is 0. The molecule has 0 radical (unpaired) electrons. The second-order valence-electron chi connectivity index (χ2n) is 6.63. The summed E-state index contributed by atoms with van der Waals surface area (Å²) in [6, 6.07) is 7.86. The first-order valence-corrected chi connectivity index (χ1v) is 9.49. The number of hydrogen-bond acceptors (Lipinski definition) is 4. The minimum Gasteiger partial charge on any atom is -0.466 e. The molecule has 1 saturated heterocycles. The van der Waals surface area contributed by atoms with Gasteiger partial charge in [-0.25, -0.2) is 0 Å². The number of benzene rings is 1. The summed E-state index contributed by atoms with van der Waals surface area (Å²) in [4.78, 5) is 18.6. The van der Waals surface area contributed by atoms with E-state index in [2.05, 4.69) is 15.2 Å². The quantitative estimate of drug-likeness (QED) is 0.462. The first-order chi connectivity index (χ1) is 12.5. The van der Waals surface area contributed by atoms with Gasteiger partial charge in [0.25, 0.3) is 0 Å². The van der Waals surface area contributed by atoms with E-state index in [9.17, 15) is 9.90 Å². The van der Waals surface area contributed by atoms with Gasteiger partial charge < -0.3 is 20.1 Å². The predicted molar refractivity (Wildman–Crippen MR) is 103 cm³/mol. The van der Waals surface area contributed by atoms with Gasteiger partial charge in [-0.2, -0.15) is 0 Å². The molecule has 1 aliphatic heterocycles. The Bertz CT molecular complexity index is 593. The Balaban J connectivity index is 1.94. The number of piperidine rings is 1. The van der Waals surface area contributed by atoms with E-state index in [0.717, 1.165) is 44.0 Å². The first kappa shape index (κ1) is 20.2. The van der Waals surface area contributed by atoms with Gasteiger partial charge >= 0.3 is 5.97 Å². The Morgan fingerprint density at radius 3 is 2.54 bits per heavy atom. The van der Waals surface area contributed by atoms with Gasteiger partial charge in [-0.15, -0.1) is 0 Å². The molecular weight excluding hydrogens is 330 g/mol. The van der Waals surface area contributed by atoms with Crippen LogP contribution in [0.4, 0.5) is 0 Å². The third kappa shape index (κ3) is 5.73. The van der Waals surface area contributed by atoms with Crippen molar-refractivity contribution >= 4 is 11.9 Å². The number of aryl methyl sites for hydroxylation is 1. The van der Waals surface area contributed by atoms with E-state index in [1.54, 1.807) is 0 Å². The van der Waals surface area contributed by atoms with Crippen molar-refractivity contribution in [2.24, 2.45) is 10.9 Å². The van der Waals surface area contributed by atoms with E-state index in [4.69, 9.17) is 4.74 Å². The molecule has 1 aliphatic rings. The van der Waals surface area contributed by atoms with Crippen molar-refractivity contribution in [3.05, 3.63) is 35.4 Å². The Labute approximate surface area is 156 Å². The smallest absolute Gasteiger partial charge is 0.309 e. The van der Waals surface area contributed by atoms with Crippen molar-refractivity contribution in [3.63, 3.8) is 0 Å². The molecule has 0 aliphatic carbocycles. The van der Waals surface area contributed by atoms with Crippen LogP contribution in [0.2, 0.25) is 0 Å². The van der Waals surface area contributed by atoms with Gasteiger partial charge in [0.05, 0.1) is 25.2 Å². The summed E-state index contributed by atoms with van der Waals surface area (Å²) in [7, 11) is 0. The van der Waals surface area contributed by atoms with Crippen LogP contribution in [-0.2, 0) is 9.53 Å². The average Bonchev–Trinajstić information content (AvgIpc) is 2.66. The lowest BCUT2D eigenvalue weighted by Crippen LogP contribution is -2.47. The number of aliphatic hydroxyl groups is 1. The second-order valence-corrected chi connectivity index (χ2v) is 6.63. The molecule has 2 rings (SSSR count). The number of nitrogens with zero attached hydrogens (tertiary/aromatic N) is 2. The van der Waals surface area contributed by atoms with Crippen molar-refractivity contribution in [3.8, 4) is 0 Å². The molecule has 1 aromatic carbocycles. The fraction of sp³-hybridized carbons (Fsp3) is 0.600. The predicted octanol–water partition coefficient (Wildman–Crippen LogP) is 2.27. The number of ether oxygens (including phenoxy) is 1. The molecule has 0 bridgehead atoms. The highest BCUT2D eigenvalue weighted by atomic mass is 16.5. The molecule has 6 heteroatoms. The van der Waals surface area contributed by atoms with Gasteiger partial charge in [0.2, 0.25) is 0 Å². The molecule has 26 heavy (non-hydrogen) atoms. The third-order valence-corrected chi connectivity index (χ3v) is 4.63. The van der Waals surface area contributed by atoms with Crippen LogP contribution in [0.1, 0.15) is 43.9 Å². The summed E-state index contributed by atoms with van der Waals surface area (Å²) in [5.41, 5.74) is 2.04. The van der Waals surface area contributed by atoms with Crippen LogP contribution < -0.4 is 5.32 Å². The minimum absolute atomic E-state index is 0.0211. The lowest BCUT2D eigenvalue weighted by molar-refractivity contribution is -0.149. The van der Waals surface area contributed by atoms with Gasteiger partial charge in [0.1, 0.15) is 0 Å². The van der Waals surface area contributed by atoms with Crippen LogP contribution in [0.25, 0.3) is 0 Å². The average molecular weight is 361 g/mol. The maximum atomic E-state index is 11.9. The van der Waals surface area contributed by atoms with Crippen LogP contribution >= 0.6 is 0 Å². The molecule has 0 amide bonds. The van der Waals surface area contributed by atoms with Crippen LogP contribution in [-0.4, -0.2) is 54.7 Å². The van der Waals surface area contributed by atoms with E-state index < -0.39 is 6.10 Å². The standard InChI is InChI=1S/C20H31N3O3/c1-4-21-20(22-14-18(24)16-8-6-15(3)7-9-16)23-12-10-17(11-13-23)19(25)26-5-2/h6-9,17-18,24H,4-5,10-14H2,1-3H3,(H,21,22). The Kier molecular flexibility index (Phi) is 7.91. The zero-order chi connectivity index (χ0) is 18.9. The minimum atomic E-state index is -0.624. The summed E-state index contributed by atoms with van der Waals surface area (Å²) < 4.78 is 5.12.